The lowest BCUT2D eigenvalue weighted by molar-refractivity contribution is 0.0691. The molecule has 1 aromatic rings. The van der Waals surface area contributed by atoms with Gasteiger partial charge in [-0.05, 0) is 23.0 Å². The summed E-state index contributed by atoms with van der Waals surface area (Å²) in [6.07, 6.45) is 1.50. The summed E-state index contributed by atoms with van der Waals surface area (Å²) in [4.78, 5) is 14.3. The zero-order valence-electron chi connectivity index (χ0n) is 7.12. The maximum absolute atomic E-state index is 10.5. The van der Waals surface area contributed by atoms with Gasteiger partial charge < -0.3 is 15.0 Å². The Hall–Kier alpha value is -0.880. The highest BCUT2D eigenvalue weighted by molar-refractivity contribution is 9.10. The highest BCUT2D eigenvalue weighted by Crippen LogP contribution is 2.09. The van der Waals surface area contributed by atoms with Gasteiger partial charge >= 0.3 is 5.97 Å². The number of likely N-dealkylation sites (N-methyl/N-ethyl adjacent to an activating group) is 1. The predicted molar refractivity (Wildman–Crippen MR) is 50.8 cm³/mol. The summed E-state index contributed by atoms with van der Waals surface area (Å²) >= 11 is 3.18. The molecule has 0 spiro atoms. The van der Waals surface area contributed by atoms with Gasteiger partial charge in [-0.2, -0.15) is 0 Å². The number of nitrogens with one attached hydrogen (secondary N) is 1. The molecule has 0 saturated heterocycles. The van der Waals surface area contributed by atoms with Crippen LogP contribution in [0.25, 0.3) is 0 Å². The molecule has 5 nitrogen and oxygen atoms in total. The second-order valence-corrected chi connectivity index (χ2v) is 3.21. The number of imidazole rings is 1. The SMILES string of the molecule is CNCCn1cc(C(=O)O)nc1Br. The molecule has 0 amide bonds. The second kappa shape index (κ2) is 4.38. The van der Waals surface area contributed by atoms with Gasteiger partial charge in [0.05, 0.1) is 0 Å². The molecule has 1 rings (SSSR count). The van der Waals surface area contributed by atoms with Crippen LogP contribution in [0.1, 0.15) is 10.5 Å². The Morgan fingerprint density at radius 3 is 3.00 bits per heavy atom. The molecule has 0 aliphatic rings. The average Bonchev–Trinajstić information content (AvgIpc) is 2.44. The summed E-state index contributed by atoms with van der Waals surface area (Å²) in [5.41, 5.74) is 0.0583. The molecule has 0 unspecified atom stereocenters. The van der Waals surface area contributed by atoms with Crippen molar-refractivity contribution in [3.63, 3.8) is 0 Å². The van der Waals surface area contributed by atoms with Crippen LogP contribution < -0.4 is 5.32 Å². The summed E-state index contributed by atoms with van der Waals surface area (Å²) in [5.74, 6) is -1.01. The van der Waals surface area contributed by atoms with Gasteiger partial charge in [-0.15, -0.1) is 0 Å². The zero-order valence-corrected chi connectivity index (χ0v) is 8.71. The topological polar surface area (TPSA) is 67.2 Å². The summed E-state index contributed by atoms with van der Waals surface area (Å²) in [7, 11) is 1.84. The maximum Gasteiger partial charge on any atom is 0.356 e. The third-order valence-corrected chi connectivity index (χ3v) is 2.18. The van der Waals surface area contributed by atoms with Crippen LogP contribution in [-0.4, -0.2) is 34.2 Å². The Kier molecular flexibility index (Phi) is 3.44. The quantitative estimate of drug-likeness (QED) is 0.817. The van der Waals surface area contributed by atoms with E-state index in [1.165, 1.54) is 6.20 Å². The number of aromatic carboxylic acids is 1. The van der Waals surface area contributed by atoms with Gasteiger partial charge in [0.2, 0.25) is 0 Å². The molecule has 0 aliphatic heterocycles. The number of halogens is 1. The van der Waals surface area contributed by atoms with Crippen molar-refractivity contribution in [1.82, 2.24) is 14.9 Å². The highest BCUT2D eigenvalue weighted by Gasteiger charge is 2.10. The molecule has 1 heterocycles. The molecule has 0 radical (unpaired) electrons. The van der Waals surface area contributed by atoms with Crippen LogP contribution in [0.3, 0.4) is 0 Å². The minimum absolute atomic E-state index is 0.0583. The fourth-order valence-electron chi connectivity index (χ4n) is 0.885. The van der Waals surface area contributed by atoms with Crippen molar-refractivity contribution < 1.29 is 9.90 Å². The molecular formula is C7H10BrN3O2. The number of carboxylic acid groups (broad SMARTS) is 1. The molecule has 0 bridgehead atoms. The summed E-state index contributed by atoms with van der Waals surface area (Å²) in [6, 6.07) is 0. The Morgan fingerprint density at radius 1 is 1.85 bits per heavy atom. The number of carboxylic acids is 1. The van der Waals surface area contributed by atoms with Gasteiger partial charge in [-0.25, -0.2) is 9.78 Å². The normalized spacial score (nSPS) is 10.3. The lowest BCUT2D eigenvalue weighted by Gasteiger charge is -2.01. The third-order valence-electron chi connectivity index (χ3n) is 1.55. The summed E-state index contributed by atoms with van der Waals surface area (Å²) in [5, 5.41) is 11.6. The maximum atomic E-state index is 10.5. The fraction of sp³-hybridized carbons (Fsp3) is 0.429. The summed E-state index contributed by atoms with van der Waals surface area (Å²) in [6.45, 7) is 1.46. The van der Waals surface area contributed by atoms with Crippen molar-refractivity contribution in [1.29, 1.82) is 0 Å². The summed E-state index contributed by atoms with van der Waals surface area (Å²) < 4.78 is 2.28. The van der Waals surface area contributed by atoms with Crippen LogP contribution in [0.4, 0.5) is 0 Å². The minimum Gasteiger partial charge on any atom is -0.476 e. The van der Waals surface area contributed by atoms with Crippen LogP contribution in [0.15, 0.2) is 10.9 Å². The molecule has 0 saturated carbocycles. The molecule has 0 aromatic carbocycles. The van der Waals surface area contributed by atoms with Gasteiger partial charge in [0.1, 0.15) is 0 Å². The fourth-order valence-corrected chi connectivity index (χ4v) is 1.36. The molecular weight excluding hydrogens is 238 g/mol. The number of carbonyl (C=O) groups is 1. The van der Waals surface area contributed by atoms with Crippen molar-refractivity contribution in [3.05, 3.63) is 16.6 Å². The third kappa shape index (κ3) is 2.53. The standard InChI is InChI=1S/C7H10BrN3O2/c1-9-2-3-11-4-5(6(12)13)10-7(11)8/h4,9H,2-3H2,1H3,(H,12,13). The Balaban J connectivity index is 2.77. The monoisotopic (exact) mass is 247 g/mol. The first-order valence-electron chi connectivity index (χ1n) is 3.75. The zero-order chi connectivity index (χ0) is 9.84. The molecule has 0 atom stereocenters. The molecule has 6 heteroatoms. The van der Waals surface area contributed by atoms with E-state index in [4.69, 9.17) is 5.11 Å². The Morgan fingerprint density at radius 2 is 2.54 bits per heavy atom. The molecule has 13 heavy (non-hydrogen) atoms. The Bertz CT molecular complexity index is 311. The van der Waals surface area contributed by atoms with Gasteiger partial charge in [-0.3, -0.25) is 0 Å². The molecule has 0 fully saturated rings. The first kappa shape index (κ1) is 10.2. The van der Waals surface area contributed by atoms with Gasteiger partial charge in [0.25, 0.3) is 0 Å². The van der Waals surface area contributed by atoms with Crippen molar-refractivity contribution in [2.24, 2.45) is 0 Å². The van der Waals surface area contributed by atoms with Crippen LogP contribution in [0.2, 0.25) is 0 Å². The van der Waals surface area contributed by atoms with Gasteiger partial charge in [0.15, 0.2) is 10.4 Å². The number of nitrogens with zero attached hydrogens (tertiary/aromatic N) is 2. The van der Waals surface area contributed by atoms with E-state index in [-0.39, 0.29) is 5.69 Å². The van der Waals surface area contributed by atoms with Crippen LogP contribution in [0.5, 0.6) is 0 Å². The first-order valence-corrected chi connectivity index (χ1v) is 4.55. The van der Waals surface area contributed by atoms with Crippen molar-refractivity contribution >= 4 is 21.9 Å². The lowest BCUT2D eigenvalue weighted by Crippen LogP contribution is -2.14. The molecule has 72 valence electrons. The Labute approximate surface area is 83.9 Å². The molecule has 1 aromatic heterocycles. The molecule has 0 aliphatic carbocycles. The first-order chi connectivity index (χ1) is 6.15. The van der Waals surface area contributed by atoms with E-state index >= 15 is 0 Å². The number of hydrogen-bond acceptors (Lipinski definition) is 3. The van der Waals surface area contributed by atoms with Crippen LogP contribution in [-0.2, 0) is 6.54 Å². The van der Waals surface area contributed by atoms with E-state index in [1.807, 2.05) is 7.05 Å². The highest BCUT2D eigenvalue weighted by atomic mass is 79.9. The van der Waals surface area contributed by atoms with Crippen LogP contribution in [0, 0.1) is 0 Å². The number of aromatic nitrogens is 2. The van der Waals surface area contributed by atoms with Crippen LogP contribution >= 0.6 is 15.9 Å². The lowest BCUT2D eigenvalue weighted by atomic mass is 10.5. The molecule has 2 N–H and O–H groups in total. The smallest absolute Gasteiger partial charge is 0.356 e. The van der Waals surface area contributed by atoms with Gasteiger partial charge in [-0.1, -0.05) is 0 Å². The van der Waals surface area contributed by atoms with E-state index < -0.39 is 5.97 Å². The largest absolute Gasteiger partial charge is 0.476 e. The van der Waals surface area contributed by atoms with E-state index in [0.29, 0.717) is 11.3 Å². The van der Waals surface area contributed by atoms with E-state index in [1.54, 1.807) is 4.57 Å². The van der Waals surface area contributed by atoms with E-state index in [2.05, 4.69) is 26.2 Å². The number of rotatable bonds is 4. The van der Waals surface area contributed by atoms with Gasteiger partial charge in [0, 0.05) is 19.3 Å². The van der Waals surface area contributed by atoms with Crippen molar-refractivity contribution in [3.8, 4) is 0 Å². The minimum atomic E-state index is -1.01. The second-order valence-electron chi connectivity index (χ2n) is 2.50. The average molecular weight is 248 g/mol. The number of hydrogen-bond donors (Lipinski definition) is 2. The van der Waals surface area contributed by atoms with E-state index in [9.17, 15) is 4.79 Å². The van der Waals surface area contributed by atoms with Crippen molar-refractivity contribution in [2.45, 2.75) is 6.54 Å². The van der Waals surface area contributed by atoms with Crippen molar-refractivity contribution in [2.75, 3.05) is 13.6 Å². The predicted octanol–water partition coefficient (Wildman–Crippen LogP) is 0.563. The van der Waals surface area contributed by atoms with E-state index in [0.717, 1.165) is 6.54 Å².